The summed E-state index contributed by atoms with van der Waals surface area (Å²) >= 11 is 0.306. The van der Waals surface area contributed by atoms with E-state index >= 15 is 0 Å². The Labute approximate surface area is 138 Å². The number of hydrogen-bond acceptors (Lipinski definition) is 0. The Hall–Kier alpha value is -1.63. The summed E-state index contributed by atoms with van der Waals surface area (Å²) in [6, 6.07) is 11.0. The third-order valence-corrected chi connectivity index (χ3v) is 5.95. The van der Waals surface area contributed by atoms with Crippen molar-refractivity contribution in [2.45, 2.75) is 27.2 Å². The molecule has 22 heavy (non-hydrogen) atoms. The van der Waals surface area contributed by atoms with E-state index in [0.717, 1.165) is 12.0 Å². The van der Waals surface area contributed by atoms with Crippen LogP contribution in [0.4, 0.5) is 4.39 Å². The fraction of sp³-hybridized carbons (Fsp3) is 0.200. The van der Waals surface area contributed by atoms with Crippen molar-refractivity contribution in [3.63, 3.8) is 0 Å². The van der Waals surface area contributed by atoms with Gasteiger partial charge in [-0.2, -0.15) is 0 Å². The van der Waals surface area contributed by atoms with Crippen LogP contribution in [0, 0.1) is 13.8 Å². The van der Waals surface area contributed by atoms with E-state index in [4.69, 9.17) is 0 Å². The summed E-state index contributed by atoms with van der Waals surface area (Å²) in [6.07, 6.45) is 6.27. The molecule has 2 rings (SSSR count). The molecule has 0 amide bonds. The van der Waals surface area contributed by atoms with E-state index in [1.165, 1.54) is 31.6 Å². The molecule has 0 nitrogen and oxygen atoms in total. The normalized spacial score (nSPS) is 12.1. The molecule has 114 valence electrons. The van der Waals surface area contributed by atoms with Crippen molar-refractivity contribution in [1.82, 2.24) is 0 Å². The van der Waals surface area contributed by atoms with Crippen LogP contribution in [0.5, 0.6) is 0 Å². The maximum absolute atomic E-state index is 12.8. The number of halogens is 1. The average molecular weight is 359 g/mol. The summed E-state index contributed by atoms with van der Waals surface area (Å²) in [6.45, 7) is 9.55. The van der Waals surface area contributed by atoms with Gasteiger partial charge in [0.15, 0.2) is 0 Å². The van der Waals surface area contributed by atoms with E-state index in [0.29, 0.717) is 14.5 Å². The molecule has 0 aliphatic carbocycles. The molecule has 0 N–H and O–H groups in total. The zero-order valence-corrected chi connectivity index (χ0v) is 15.0. The Bertz CT molecular complexity index is 732. The third kappa shape index (κ3) is 4.43. The summed E-state index contributed by atoms with van der Waals surface area (Å²) in [5.41, 5.74) is 5.14. The van der Waals surface area contributed by atoms with Crippen molar-refractivity contribution in [1.29, 1.82) is 0 Å². The van der Waals surface area contributed by atoms with Crippen LogP contribution in [-0.2, 0) is 6.42 Å². The fourth-order valence-electron chi connectivity index (χ4n) is 2.31. The van der Waals surface area contributed by atoms with Crippen LogP contribution in [-0.4, -0.2) is 14.5 Å². The minimum absolute atomic E-state index is 0.306. The molecule has 0 spiro atoms. The Morgan fingerprint density at radius 2 is 1.95 bits per heavy atom. The average Bonchev–Trinajstić information content (AvgIpc) is 2.92. The molecular weight excluding hydrogens is 338 g/mol. The van der Waals surface area contributed by atoms with Crippen LogP contribution >= 0.6 is 0 Å². The molecule has 1 aromatic heterocycles. The molecule has 0 fully saturated rings. The van der Waals surface area contributed by atoms with E-state index in [1.807, 2.05) is 19.1 Å². The summed E-state index contributed by atoms with van der Waals surface area (Å²) in [5.74, 6) is -0.408. The molecule has 0 unspecified atom stereocenters. The van der Waals surface area contributed by atoms with Gasteiger partial charge in [0.05, 0.1) is 0 Å². The third-order valence-electron chi connectivity index (χ3n) is 3.57. The first-order valence-electron chi connectivity index (χ1n) is 7.33. The van der Waals surface area contributed by atoms with Crippen LogP contribution in [0.2, 0.25) is 0 Å². The molecule has 0 aliphatic heterocycles. The van der Waals surface area contributed by atoms with Crippen molar-refractivity contribution < 1.29 is 4.39 Å². The van der Waals surface area contributed by atoms with E-state index in [-0.39, 0.29) is 0 Å². The van der Waals surface area contributed by atoms with Gasteiger partial charge in [0.1, 0.15) is 0 Å². The zero-order chi connectivity index (χ0) is 16.1. The van der Waals surface area contributed by atoms with Gasteiger partial charge in [0, 0.05) is 0 Å². The Morgan fingerprint density at radius 3 is 2.64 bits per heavy atom. The molecule has 0 aliphatic rings. The van der Waals surface area contributed by atoms with Crippen molar-refractivity contribution in [3.8, 4) is 0 Å². The van der Waals surface area contributed by atoms with Gasteiger partial charge in [0.2, 0.25) is 0 Å². The van der Waals surface area contributed by atoms with Crippen LogP contribution in [0.15, 0.2) is 61.0 Å². The van der Waals surface area contributed by atoms with E-state index in [9.17, 15) is 4.39 Å². The Balaban J connectivity index is 2.21. The van der Waals surface area contributed by atoms with Crippen molar-refractivity contribution in [3.05, 3.63) is 86.5 Å². The predicted octanol–water partition coefficient (Wildman–Crippen LogP) is 5.39. The molecular formula is C20H21FSe. The SMILES string of the molecule is C=C(F)/C=C\C(=CC)c1ccc(Cc2cc(C)ccc2C)[se]1. The predicted molar refractivity (Wildman–Crippen MR) is 95.1 cm³/mol. The van der Waals surface area contributed by atoms with Crippen LogP contribution in [0.3, 0.4) is 0 Å². The van der Waals surface area contributed by atoms with Crippen molar-refractivity contribution in [2.24, 2.45) is 0 Å². The van der Waals surface area contributed by atoms with Crippen LogP contribution in [0.25, 0.3) is 5.57 Å². The molecule has 0 atom stereocenters. The van der Waals surface area contributed by atoms with Crippen molar-refractivity contribution >= 4 is 20.1 Å². The second-order valence-corrected chi connectivity index (χ2v) is 7.85. The number of hydrogen-bond donors (Lipinski definition) is 0. The van der Waals surface area contributed by atoms with Gasteiger partial charge in [-0.25, -0.2) is 0 Å². The fourth-order valence-corrected chi connectivity index (χ4v) is 4.59. The zero-order valence-electron chi connectivity index (χ0n) is 13.3. The Morgan fingerprint density at radius 1 is 1.18 bits per heavy atom. The monoisotopic (exact) mass is 360 g/mol. The van der Waals surface area contributed by atoms with Gasteiger partial charge in [-0.3, -0.25) is 0 Å². The molecule has 0 bridgehead atoms. The van der Waals surface area contributed by atoms with Gasteiger partial charge in [-0.15, -0.1) is 0 Å². The molecule has 0 radical (unpaired) electrons. The van der Waals surface area contributed by atoms with Gasteiger partial charge in [-0.1, -0.05) is 0 Å². The summed E-state index contributed by atoms with van der Waals surface area (Å²) in [4.78, 5) is 0. The van der Waals surface area contributed by atoms with E-state index in [1.54, 1.807) is 0 Å². The quantitative estimate of drug-likeness (QED) is 0.496. The topological polar surface area (TPSA) is 0 Å². The van der Waals surface area contributed by atoms with Gasteiger partial charge >= 0.3 is 138 Å². The molecule has 1 heterocycles. The van der Waals surface area contributed by atoms with E-state index in [2.05, 4.69) is 50.8 Å². The standard InChI is InChI=1S/C20H21FSe/c1-5-17(9-8-16(4)21)20-11-10-19(22-20)13-18-12-14(2)6-7-15(18)3/h5-12H,4,13H2,1-3H3/b9-8-,17-5?. The van der Waals surface area contributed by atoms with Crippen LogP contribution < -0.4 is 0 Å². The molecule has 2 aromatic rings. The summed E-state index contributed by atoms with van der Waals surface area (Å²) in [7, 11) is 0. The molecule has 2 heteroatoms. The van der Waals surface area contributed by atoms with Gasteiger partial charge in [-0.05, 0) is 0 Å². The number of benzene rings is 1. The second kappa shape index (κ2) is 7.58. The van der Waals surface area contributed by atoms with Crippen LogP contribution in [0.1, 0.15) is 32.5 Å². The van der Waals surface area contributed by atoms with Gasteiger partial charge < -0.3 is 0 Å². The Kier molecular flexibility index (Phi) is 5.76. The van der Waals surface area contributed by atoms with Gasteiger partial charge in [0.25, 0.3) is 0 Å². The number of rotatable bonds is 5. The van der Waals surface area contributed by atoms with Crippen molar-refractivity contribution in [2.75, 3.05) is 0 Å². The van der Waals surface area contributed by atoms with E-state index < -0.39 is 5.83 Å². The summed E-state index contributed by atoms with van der Waals surface area (Å²) < 4.78 is 15.6. The minimum atomic E-state index is -0.408. The number of allylic oxidation sites excluding steroid dienone is 5. The maximum atomic E-state index is 12.8. The first-order valence-corrected chi connectivity index (χ1v) is 9.05. The number of aryl methyl sites for hydroxylation is 2. The second-order valence-electron chi connectivity index (χ2n) is 5.40. The molecule has 0 saturated carbocycles. The summed E-state index contributed by atoms with van der Waals surface area (Å²) in [5, 5.41) is 0. The first-order chi connectivity index (χ1) is 10.5. The molecule has 1 aromatic carbocycles. The first kappa shape index (κ1) is 16.7. The molecule has 0 saturated heterocycles.